The van der Waals surface area contributed by atoms with Gasteiger partial charge in [-0.3, -0.25) is 0 Å². The van der Waals surface area contributed by atoms with Crippen molar-refractivity contribution in [1.82, 2.24) is 5.16 Å². The number of carboxylic acids is 1. The fourth-order valence-electron chi connectivity index (χ4n) is 1.46. The lowest BCUT2D eigenvalue weighted by atomic mass is 10.1. The molecule has 0 saturated carbocycles. The smallest absolute Gasteiger partial charge is 0.358 e. The SMILES string of the molecule is COc1c(-c2cc(C(=O)O)no2)cc(F)c(Cl)c1F. The van der Waals surface area contributed by atoms with Crippen molar-refractivity contribution in [2.75, 3.05) is 7.11 Å². The number of rotatable bonds is 3. The van der Waals surface area contributed by atoms with E-state index in [1.807, 2.05) is 0 Å². The second-order valence-corrected chi connectivity index (χ2v) is 3.83. The second-order valence-electron chi connectivity index (χ2n) is 3.45. The van der Waals surface area contributed by atoms with Gasteiger partial charge in [-0.15, -0.1) is 0 Å². The number of hydrogen-bond acceptors (Lipinski definition) is 4. The van der Waals surface area contributed by atoms with Gasteiger partial charge in [0.15, 0.2) is 23.0 Å². The van der Waals surface area contributed by atoms with Crippen LogP contribution in [0.25, 0.3) is 11.3 Å². The summed E-state index contributed by atoms with van der Waals surface area (Å²) in [7, 11) is 1.16. The molecule has 0 fully saturated rings. The fraction of sp³-hybridized carbons (Fsp3) is 0.0909. The summed E-state index contributed by atoms with van der Waals surface area (Å²) in [6, 6.07) is 1.89. The van der Waals surface area contributed by atoms with Crippen LogP contribution >= 0.6 is 11.6 Å². The third kappa shape index (κ3) is 2.24. The van der Waals surface area contributed by atoms with Gasteiger partial charge >= 0.3 is 5.97 Å². The number of carboxylic acid groups (broad SMARTS) is 1. The molecule has 0 saturated heterocycles. The third-order valence-corrected chi connectivity index (χ3v) is 2.66. The summed E-state index contributed by atoms with van der Waals surface area (Å²) in [5, 5.41) is 11.2. The molecule has 0 aliphatic rings. The van der Waals surface area contributed by atoms with Crippen LogP contribution in [0.5, 0.6) is 5.75 Å². The molecule has 0 unspecified atom stereocenters. The number of carbonyl (C=O) groups is 1. The minimum atomic E-state index is -1.33. The molecule has 2 aromatic rings. The van der Waals surface area contributed by atoms with E-state index in [9.17, 15) is 13.6 Å². The van der Waals surface area contributed by atoms with Crippen molar-refractivity contribution >= 4 is 17.6 Å². The third-order valence-electron chi connectivity index (χ3n) is 2.32. The zero-order valence-corrected chi connectivity index (χ0v) is 10.2. The zero-order valence-electron chi connectivity index (χ0n) is 9.41. The van der Waals surface area contributed by atoms with Crippen molar-refractivity contribution in [2.24, 2.45) is 0 Å². The maximum absolute atomic E-state index is 13.7. The maximum Gasteiger partial charge on any atom is 0.358 e. The summed E-state index contributed by atoms with van der Waals surface area (Å²) in [4.78, 5) is 10.7. The Balaban J connectivity index is 2.63. The minimum absolute atomic E-state index is 0.123. The first-order valence-corrected chi connectivity index (χ1v) is 5.25. The van der Waals surface area contributed by atoms with Crippen LogP contribution < -0.4 is 4.74 Å². The van der Waals surface area contributed by atoms with E-state index in [4.69, 9.17) is 26.0 Å². The maximum atomic E-state index is 13.7. The molecule has 0 spiro atoms. The summed E-state index contributed by atoms with van der Waals surface area (Å²) >= 11 is 5.41. The normalized spacial score (nSPS) is 10.5. The van der Waals surface area contributed by atoms with Gasteiger partial charge in [0, 0.05) is 6.07 Å². The Morgan fingerprint density at radius 1 is 1.47 bits per heavy atom. The Hall–Kier alpha value is -2.15. The molecule has 5 nitrogen and oxygen atoms in total. The highest BCUT2D eigenvalue weighted by atomic mass is 35.5. The molecule has 0 aliphatic carbocycles. The Labute approximate surface area is 110 Å². The molecular formula is C11H6ClF2NO4. The van der Waals surface area contributed by atoms with E-state index in [0.717, 1.165) is 19.2 Å². The molecule has 0 amide bonds. The van der Waals surface area contributed by atoms with E-state index in [-0.39, 0.29) is 17.1 Å². The van der Waals surface area contributed by atoms with Crippen LogP contribution in [0.3, 0.4) is 0 Å². The monoisotopic (exact) mass is 289 g/mol. The number of aromatic nitrogens is 1. The number of ether oxygens (including phenoxy) is 1. The van der Waals surface area contributed by atoms with E-state index >= 15 is 0 Å². The van der Waals surface area contributed by atoms with Crippen molar-refractivity contribution in [3.63, 3.8) is 0 Å². The number of aromatic carboxylic acids is 1. The van der Waals surface area contributed by atoms with Crippen LogP contribution in [0, 0.1) is 11.6 Å². The molecule has 1 N–H and O–H groups in total. The van der Waals surface area contributed by atoms with Crippen molar-refractivity contribution in [2.45, 2.75) is 0 Å². The molecule has 0 bridgehead atoms. The Morgan fingerprint density at radius 3 is 2.68 bits per heavy atom. The molecule has 100 valence electrons. The predicted octanol–water partition coefficient (Wildman–Crippen LogP) is 2.98. The van der Waals surface area contributed by atoms with Gasteiger partial charge in [-0.05, 0) is 6.07 Å². The summed E-state index contributed by atoms with van der Waals surface area (Å²) < 4.78 is 36.6. The second kappa shape index (κ2) is 4.85. The molecule has 1 heterocycles. The van der Waals surface area contributed by atoms with Gasteiger partial charge < -0.3 is 14.4 Å². The highest BCUT2D eigenvalue weighted by Gasteiger charge is 2.22. The fourth-order valence-corrected chi connectivity index (χ4v) is 1.60. The quantitative estimate of drug-likeness (QED) is 0.879. The number of benzene rings is 1. The first-order chi connectivity index (χ1) is 8.95. The lowest BCUT2D eigenvalue weighted by Gasteiger charge is -2.08. The van der Waals surface area contributed by atoms with Gasteiger partial charge in [0.2, 0.25) is 0 Å². The lowest BCUT2D eigenvalue weighted by molar-refractivity contribution is 0.0686. The average molecular weight is 290 g/mol. The van der Waals surface area contributed by atoms with Crippen molar-refractivity contribution in [3.8, 4) is 17.1 Å². The topological polar surface area (TPSA) is 72.6 Å². The first kappa shape index (κ1) is 13.3. The number of nitrogens with zero attached hydrogens (tertiary/aromatic N) is 1. The van der Waals surface area contributed by atoms with Crippen LogP contribution in [0.1, 0.15) is 10.5 Å². The number of methoxy groups -OCH3 is 1. The highest BCUT2D eigenvalue weighted by Crippen LogP contribution is 2.37. The summed E-state index contributed by atoms with van der Waals surface area (Å²) in [5.74, 6) is -3.97. The van der Waals surface area contributed by atoms with Gasteiger partial charge in [0.05, 0.1) is 12.7 Å². The summed E-state index contributed by atoms with van der Waals surface area (Å²) in [6.45, 7) is 0. The van der Waals surface area contributed by atoms with Crippen LogP contribution in [-0.2, 0) is 0 Å². The van der Waals surface area contributed by atoms with E-state index in [1.165, 1.54) is 0 Å². The van der Waals surface area contributed by atoms with Crippen LogP contribution in [-0.4, -0.2) is 23.3 Å². The van der Waals surface area contributed by atoms with Gasteiger partial charge in [0.1, 0.15) is 10.8 Å². The van der Waals surface area contributed by atoms with Gasteiger partial charge in [-0.1, -0.05) is 16.8 Å². The number of halogens is 3. The van der Waals surface area contributed by atoms with Crippen molar-refractivity contribution in [1.29, 1.82) is 0 Å². The van der Waals surface area contributed by atoms with Crippen LogP contribution in [0.2, 0.25) is 5.02 Å². The molecule has 8 heteroatoms. The highest BCUT2D eigenvalue weighted by molar-refractivity contribution is 6.31. The Bertz CT molecular complexity index is 656. The van der Waals surface area contributed by atoms with Gasteiger partial charge in [-0.2, -0.15) is 0 Å². The van der Waals surface area contributed by atoms with E-state index in [0.29, 0.717) is 0 Å². The zero-order chi connectivity index (χ0) is 14.2. The van der Waals surface area contributed by atoms with E-state index in [2.05, 4.69) is 5.16 Å². The van der Waals surface area contributed by atoms with Crippen LogP contribution in [0.15, 0.2) is 16.7 Å². The van der Waals surface area contributed by atoms with Crippen molar-refractivity contribution in [3.05, 3.63) is 34.5 Å². The Morgan fingerprint density at radius 2 is 2.16 bits per heavy atom. The average Bonchev–Trinajstić information content (AvgIpc) is 2.85. The predicted molar refractivity (Wildman–Crippen MR) is 60.4 cm³/mol. The van der Waals surface area contributed by atoms with Crippen LogP contribution in [0.4, 0.5) is 8.78 Å². The first-order valence-electron chi connectivity index (χ1n) is 4.87. The van der Waals surface area contributed by atoms with E-state index < -0.39 is 28.3 Å². The lowest BCUT2D eigenvalue weighted by Crippen LogP contribution is -1.96. The molecular weight excluding hydrogens is 284 g/mol. The molecule has 0 aliphatic heterocycles. The van der Waals surface area contributed by atoms with Gasteiger partial charge in [-0.25, -0.2) is 13.6 Å². The number of hydrogen-bond donors (Lipinski definition) is 1. The molecule has 2 rings (SSSR count). The Kier molecular flexibility index (Phi) is 3.39. The summed E-state index contributed by atoms with van der Waals surface area (Å²) in [5.41, 5.74) is -0.519. The molecule has 19 heavy (non-hydrogen) atoms. The molecule has 1 aromatic carbocycles. The molecule has 1 aromatic heterocycles. The van der Waals surface area contributed by atoms with Crippen molar-refractivity contribution < 1.29 is 27.9 Å². The standard InChI is InChI=1S/C11H6ClF2NO4/c1-18-10-4(2-5(13)8(12)9(10)14)7-3-6(11(16)17)15-19-7/h2-3H,1H3,(H,16,17). The van der Waals surface area contributed by atoms with E-state index in [1.54, 1.807) is 0 Å². The minimum Gasteiger partial charge on any atom is -0.493 e. The molecule has 0 atom stereocenters. The van der Waals surface area contributed by atoms with Gasteiger partial charge in [0.25, 0.3) is 0 Å². The molecule has 0 radical (unpaired) electrons. The summed E-state index contributed by atoms with van der Waals surface area (Å²) in [6.07, 6.45) is 0. The largest absolute Gasteiger partial charge is 0.493 e.